The Hall–Kier alpha value is -2.90. The highest BCUT2D eigenvalue weighted by atomic mass is 35.5. The van der Waals surface area contributed by atoms with Crippen LogP contribution in [0.1, 0.15) is 25.1 Å². The summed E-state index contributed by atoms with van der Waals surface area (Å²) in [5.74, 6) is 0.501. The van der Waals surface area contributed by atoms with Gasteiger partial charge in [-0.25, -0.2) is 4.90 Å². The number of rotatable bonds is 5. The van der Waals surface area contributed by atoms with E-state index in [9.17, 15) is 9.59 Å². The molecule has 2 aromatic carbocycles. The zero-order valence-electron chi connectivity index (χ0n) is 16.3. The molecule has 1 amide bonds. The second-order valence-electron chi connectivity index (χ2n) is 6.68. The van der Waals surface area contributed by atoms with Crippen molar-refractivity contribution in [3.05, 3.63) is 82.1 Å². The highest BCUT2D eigenvalue weighted by Crippen LogP contribution is 2.39. The van der Waals surface area contributed by atoms with Gasteiger partial charge in [0, 0.05) is 17.3 Å². The van der Waals surface area contributed by atoms with E-state index in [1.807, 2.05) is 49.4 Å². The molecule has 0 saturated heterocycles. The molecule has 1 aromatic heterocycles. The Morgan fingerprint density at radius 3 is 2.77 bits per heavy atom. The minimum atomic E-state index is -0.679. The van der Waals surface area contributed by atoms with E-state index in [4.69, 9.17) is 16.7 Å². The first-order valence-electron chi connectivity index (χ1n) is 9.52. The van der Waals surface area contributed by atoms with Gasteiger partial charge in [0.1, 0.15) is 0 Å². The van der Waals surface area contributed by atoms with E-state index in [2.05, 4.69) is 11.6 Å². The van der Waals surface area contributed by atoms with Crippen LogP contribution >= 0.6 is 23.4 Å². The van der Waals surface area contributed by atoms with Crippen LogP contribution in [-0.4, -0.2) is 21.7 Å². The van der Waals surface area contributed by atoms with Crippen LogP contribution in [0.4, 0.5) is 5.69 Å². The Morgan fingerprint density at radius 1 is 1.30 bits per heavy atom. The number of nitrogens with one attached hydrogen (secondary N) is 1. The number of carbonyl (C=O) groups excluding carboxylic acids is 1. The lowest BCUT2D eigenvalue weighted by Crippen LogP contribution is -2.61. The molecule has 1 aliphatic rings. The molecular formula is C22H20ClN4O2S+. The summed E-state index contributed by atoms with van der Waals surface area (Å²) in [6, 6.07) is 14.7. The molecule has 1 N–H and O–H groups in total. The molecule has 0 fully saturated rings. The molecule has 0 spiro atoms. The summed E-state index contributed by atoms with van der Waals surface area (Å²) in [5, 5.41) is 5.65. The number of benzene rings is 2. The van der Waals surface area contributed by atoms with Crippen molar-refractivity contribution < 1.29 is 9.48 Å². The van der Waals surface area contributed by atoms with Gasteiger partial charge in [0.15, 0.2) is 0 Å². The molecule has 0 bridgehead atoms. The van der Waals surface area contributed by atoms with Gasteiger partial charge < -0.3 is 0 Å². The van der Waals surface area contributed by atoms with Crippen molar-refractivity contribution in [1.29, 1.82) is 0 Å². The fourth-order valence-electron chi connectivity index (χ4n) is 3.58. The molecular weight excluding hydrogens is 420 g/mol. The van der Waals surface area contributed by atoms with E-state index in [0.29, 0.717) is 44.9 Å². The molecule has 8 heteroatoms. The Labute approximate surface area is 183 Å². The minimum Gasteiger partial charge on any atom is -0.291 e. The summed E-state index contributed by atoms with van der Waals surface area (Å²) in [6.07, 6.45) is 1.36. The van der Waals surface area contributed by atoms with Crippen molar-refractivity contribution >= 4 is 35.0 Å². The molecule has 1 unspecified atom stereocenters. The van der Waals surface area contributed by atoms with Crippen LogP contribution in [0.15, 0.2) is 71.1 Å². The number of anilines is 1. The fraction of sp³-hybridized carbons (Fsp3) is 0.182. The third-order valence-electron chi connectivity index (χ3n) is 4.85. The van der Waals surface area contributed by atoms with Crippen molar-refractivity contribution in [3.63, 3.8) is 0 Å². The maximum Gasteiger partial charge on any atom is 0.325 e. The van der Waals surface area contributed by atoms with E-state index in [-0.39, 0.29) is 11.5 Å². The zero-order chi connectivity index (χ0) is 21.3. The number of aromatic nitrogens is 3. The minimum absolute atomic E-state index is 0.0899. The highest BCUT2D eigenvalue weighted by Gasteiger charge is 2.46. The number of hydrogen-bond acceptors (Lipinski definition) is 4. The molecule has 152 valence electrons. The zero-order valence-corrected chi connectivity index (χ0v) is 17.9. The van der Waals surface area contributed by atoms with Crippen molar-refractivity contribution in [2.24, 2.45) is 0 Å². The number of carbonyl (C=O) groups is 1. The van der Waals surface area contributed by atoms with Crippen LogP contribution in [0.5, 0.6) is 0 Å². The number of fused-ring (bicyclic) bond motifs is 3. The van der Waals surface area contributed by atoms with E-state index in [1.165, 1.54) is 11.8 Å². The third kappa shape index (κ3) is 3.44. The second kappa shape index (κ2) is 8.45. The van der Waals surface area contributed by atoms with Gasteiger partial charge in [0.25, 0.3) is 6.17 Å². The Bertz CT molecular complexity index is 1190. The van der Waals surface area contributed by atoms with Gasteiger partial charge in [-0.05, 0) is 28.9 Å². The monoisotopic (exact) mass is 439 g/mol. The summed E-state index contributed by atoms with van der Waals surface area (Å²) in [4.78, 5) is 30.8. The second-order valence-corrected chi connectivity index (χ2v) is 8.10. The van der Waals surface area contributed by atoms with Crippen molar-refractivity contribution in [1.82, 2.24) is 10.1 Å². The first kappa shape index (κ1) is 20.4. The van der Waals surface area contributed by atoms with Gasteiger partial charge in [-0.1, -0.05) is 60.6 Å². The number of halogens is 1. The maximum atomic E-state index is 13.1. The van der Waals surface area contributed by atoms with Crippen LogP contribution < -0.4 is 15.1 Å². The molecule has 2 heterocycles. The summed E-state index contributed by atoms with van der Waals surface area (Å²) in [7, 11) is 0. The van der Waals surface area contributed by atoms with Crippen LogP contribution in [-0.2, 0) is 4.79 Å². The summed E-state index contributed by atoms with van der Waals surface area (Å²) in [6.45, 7) is 5.53. The molecule has 1 aliphatic heterocycles. The van der Waals surface area contributed by atoms with Crippen molar-refractivity contribution in [3.8, 4) is 11.3 Å². The predicted octanol–water partition coefficient (Wildman–Crippen LogP) is 3.96. The molecule has 0 saturated carbocycles. The van der Waals surface area contributed by atoms with Gasteiger partial charge in [-0.3, -0.25) is 14.6 Å². The van der Waals surface area contributed by atoms with Crippen LogP contribution in [0.3, 0.4) is 0 Å². The summed E-state index contributed by atoms with van der Waals surface area (Å²) in [5.41, 5.74) is 2.12. The molecule has 0 radical (unpaired) electrons. The molecule has 30 heavy (non-hydrogen) atoms. The van der Waals surface area contributed by atoms with Crippen LogP contribution in [0.25, 0.3) is 11.3 Å². The van der Waals surface area contributed by atoms with Gasteiger partial charge in [-0.2, -0.15) is 0 Å². The normalized spacial score (nSPS) is 14.7. The summed E-state index contributed by atoms with van der Waals surface area (Å²) < 4.78 is 1.61. The highest BCUT2D eigenvalue weighted by molar-refractivity contribution is 7.99. The lowest BCUT2D eigenvalue weighted by Gasteiger charge is -2.32. The Morgan fingerprint density at radius 2 is 2.03 bits per heavy atom. The number of thioether (sulfide) groups is 1. The Balaban J connectivity index is 2.06. The lowest BCUT2D eigenvalue weighted by molar-refractivity contribution is -0.763. The first-order valence-corrected chi connectivity index (χ1v) is 10.9. The van der Waals surface area contributed by atoms with Gasteiger partial charge in [0.05, 0.1) is 21.8 Å². The van der Waals surface area contributed by atoms with Gasteiger partial charge in [0.2, 0.25) is 11.1 Å². The average Bonchev–Trinajstić information content (AvgIpc) is 2.76. The number of hydrogen-bond donors (Lipinski definition) is 1. The number of aromatic amines is 1. The Kier molecular flexibility index (Phi) is 5.74. The molecule has 6 nitrogen and oxygen atoms in total. The largest absolute Gasteiger partial charge is 0.325 e. The number of amides is 1. The standard InChI is InChI=1S/C22H19ClN4O2S/c1-3-13-30-22-24-20(29)19-15-10-6-8-12-17(15)26(18(28)4-2)21(27(19)25-22)14-9-5-7-11-16(14)23/h3,5-12,21H,1,4,13H2,2H3/p+1. The number of H-pyrrole nitrogens is 1. The lowest BCUT2D eigenvalue weighted by atomic mass is 10.0. The smallest absolute Gasteiger partial charge is 0.291 e. The van der Waals surface area contributed by atoms with Crippen molar-refractivity contribution in [2.75, 3.05) is 10.7 Å². The molecule has 0 aliphatic carbocycles. The first-order chi connectivity index (χ1) is 14.6. The molecule has 4 rings (SSSR count). The van der Waals surface area contributed by atoms with E-state index >= 15 is 0 Å². The quantitative estimate of drug-likeness (QED) is 0.371. The maximum absolute atomic E-state index is 13.1. The number of para-hydroxylation sites is 1. The third-order valence-corrected chi connectivity index (χ3v) is 6.05. The average molecular weight is 440 g/mol. The van der Waals surface area contributed by atoms with Crippen LogP contribution in [0, 0.1) is 0 Å². The number of nitrogens with zero attached hydrogens (tertiary/aromatic N) is 3. The van der Waals surface area contributed by atoms with E-state index < -0.39 is 6.17 Å². The van der Waals surface area contributed by atoms with Crippen LogP contribution in [0.2, 0.25) is 5.02 Å². The SMILES string of the molecule is C=CCSc1n[n+]2c(c(=O)[nH]1)-c1ccccc1N(C(=O)CC)C2c1ccccc1Cl. The fourth-order valence-corrected chi connectivity index (χ4v) is 4.40. The van der Waals surface area contributed by atoms with E-state index in [1.54, 1.807) is 21.7 Å². The van der Waals surface area contributed by atoms with E-state index in [0.717, 1.165) is 0 Å². The summed E-state index contributed by atoms with van der Waals surface area (Å²) >= 11 is 7.91. The molecule has 1 atom stereocenters. The predicted molar refractivity (Wildman–Crippen MR) is 119 cm³/mol. The van der Waals surface area contributed by atoms with Gasteiger partial charge in [-0.15, -0.1) is 6.58 Å². The van der Waals surface area contributed by atoms with Crippen molar-refractivity contribution in [2.45, 2.75) is 24.7 Å². The topological polar surface area (TPSA) is 69.9 Å². The van der Waals surface area contributed by atoms with Gasteiger partial charge >= 0.3 is 11.3 Å². The molecule has 3 aromatic rings.